The van der Waals surface area contributed by atoms with Crippen LogP contribution in [-0.2, 0) is 9.84 Å². The van der Waals surface area contributed by atoms with Crippen LogP contribution in [0.2, 0.25) is 0 Å². The quantitative estimate of drug-likeness (QED) is 0.792. The molecule has 1 aromatic carbocycles. The molecule has 0 aromatic heterocycles. The molecular formula is C12H16F3NO3S. The number of hydrogen-bond donors (Lipinski definition) is 2. The maximum Gasteiger partial charge on any atom is 0.501 e. The lowest BCUT2D eigenvalue weighted by molar-refractivity contribution is -0.0435. The lowest BCUT2D eigenvalue weighted by Gasteiger charge is -2.14. The van der Waals surface area contributed by atoms with Crippen LogP contribution in [0.1, 0.15) is 19.8 Å². The second kappa shape index (κ2) is 6.45. The van der Waals surface area contributed by atoms with E-state index in [1.807, 2.05) is 0 Å². The van der Waals surface area contributed by atoms with E-state index in [1.165, 1.54) is 18.2 Å². The molecule has 0 saturated heterocycles. The fraction of sp³-hybridized carbons (Fsp3) is 0.500. The van der Waals surface area contributed by atoms with Crippen molar-refractivity contribution in [2.24, 2.45) is 0 Å². The number of anilines is 1. The standard InChI is InChI=1S/C12H16F3NO3S/c1-9(17)5-4-8-16-10-6-2-3-7-11(10)20(18,19)12(13,14)15/h2-3,6-7,9,16-17H,4-5,8H2,1H3. The molecule has 2 N–H and O–H groups in total. The molecule has 0 saturated carbocycles. The zero-order valence-corrected chi connectivity index (χ0v) is 11.6. The minimum absolute atomic E-state index is 0.0876. The second-order valence-electron chi connectivity index (χ2n) is 4.36. The van der Waals surface area contributed by atoms with Gasteiger partial charge in [0.1, 0.15) is 0 Å². The van der Waals surface area contributed by atoms with Gasteiger partial charge in [0.2, 0.25) is 0 Å². The highest BCUT2D eigenvalue weighted by Gasteiger charge is 2.47. The van der Waals surface area contributed by atoms with Crippen LogP contribution >= 0.6 is 0 Å². The zero-order chi connectivity index (χ0) is 15.4. The van der Waals surface area contributed by atoms with E-state index in [4.69, 9.17) is 5.11 Å². The van der Waals surface area contributed by atoms with E-state index in [0.717, 1.165) is 6.07 Å². The van der Waals surface area contributed by atoms with Gasteiger partial charge in [0, 0.05) is 6.54 Å². The molecular weight excluding hydrogens is 295 g/mol. The van der Waals surface area contributed by atoms with Gasteiger partial charge in [0.15, 0.2) is 0 Å². The van der Waals surface area contributed by atoms with Gasteiger partial charge in [-0.2, -0.15) is 13.2 Å². The van der Waals surface area contributed by atoms with Crippen molar-refractivity contribution in [1.82, 2.24) is 0 Å². The van der Waals surface area contributed by atoms with Gasteiger partial charge in [-0.05, 0) is 31.9 Å². The smallest absolute Gasteiger partial charge is 0.393 e. The predicted molar refractivity (Wildman–Crippen MR) is 69.1 cm³/mol. The van der Waals surface area contributed by atoms with Crippen molar-refractivity contribution in [3.8, 4) is 0 Å². The van der Waals surface area contributed by atoms with Gasteiger partial charge in [-0.3, -0.25) is 0 Å². The molecule has 0 heterocycles. The number of alkyl halides is 3. The summed E-state index contributed by atoms with van der Waals surface area (Å²) >= 11 is 0. The number of rotatable bonds is 6. The number of nitrogens with one attached hydrogen (secondary N) is 1. The van der Waals surface area contributed by atoms with Crippen LogP contribution < -0.4 is 5.32 Å². The van der Waals surface area contributed by atoms with E-state index in [2.05, 4.69) is 5.32 Å². The summed E-state index contributed by atoms with van der Waals surface area (Å²) in [5.74, 6) is 0. The van der Waals surface area contributed by atoms with E-state index in [9.17, 15) is 21.6 Å². The van der Waals surface area contributed by atoms with Gasteiger partial charge in [-0.1, -0.05) is 12.1 Å². The largest absolute Gasteiger partial charge is 0.501 e. The van der Waals surface area contributed by atoms with Crippen molar-refractivity contribution in [3.63, 3.8) is 0 Å². The van der Waals surface area contributed by atoms with Gasteiger partial charge in [0.05, 0.1) is 16.7 Å². The third kappa shape index (κ3) is 4.11. The van der Waals surface area contributed by atoms with Gasteiger partial charge < -0.3 is 10.4 Å². The van der Waals surface area contributed by atoms with Crippen molar-refractivity contribution in [3.05, 3.63) is 24.3 Å². The average Bonchev–Trinajstić information content (AvgIpc) is 2.33. The zero-order valence-electron chi connectivity index (χ0n) is 10.8. The van der Waals surface area contributed by atoms with Crippen molar-refractivity contribution < 1.29 is 26.7 Å². The molecule has 0 amide bonds. The maximum absolute atomic E-state index is 12.5. The number of aliphatic hydroxyl groups is 1. The Balaban J connectivity index is 2.90. The molecule has 0 fully saturated rings. The third-order valence-corrected chi connectivity index (χ3v) is 4.14. The topological polar surface area (TPSA) is 66.4 Å². The molecule has 0 aliphatic carbocycles. The molecule has 0 spiro atoms. The lowest BCUT2D eigenvalue weighted by Crippen LogP contribution is -2.24. The van der Waals surface area contributed by atoms with Crippen molar-refractivity contribution in [2.45, 2.75) is 36.3 Å². The number of hydrogen-bond acceptors (Lipinski definition) is 4. The van der Waals surface area contributed by atoms with Crippen molar-refractivity contribution in [2.75, 3.05) is 11.9 Å². The van der Waals surface area contributed by atoms with Crippen LogP contribution in [0.25, 0.3) is 0 Å². The molecule has 4 nitrogen and oxygen atoms in total. The SMILES string of the molecule is CC(O)CCCNc1ccccc1S(=O)(=O)C(F)(F)F. The predicted octanol–water partition coefficient (Wildman–Crippen LogP) is 2.55. The van der Waals surface area contributed by atoms with Crippen LogP contribution in [0, 0.1) is 0 Å². The first-order valence-corrected chi connectivity index (χ1v) is 7.47. The molecule has 1 rings (SSSR count). The number of aliphatic hydroxyl groups excluding tert-OH is 1. The van der Waals surface area contributed by atoms with Crippen LogP contribution in [0.3, 0.4) is 0 Å². The Bertz CT molecular complexity index is 541. The van der Waals surface area contributed by atoms with Gasteiger partial charge in [0.25, 0.3) is 9.84 Å². The van der Waals surface area contributed by atoms with E-state index >= 15 is 0 Å². The summed E-state index contributed by atoms with van der Waals surface area (Å²) in [7, 11) is -5.37. The highest BCUT2D eigenvalue weighted by atomic mass is 32.2. The summed E-state index contributed by atoms with van der Waals surface area (Å²) in [4.78, 5) is -0.787. The Labute approximate surface area is 115 Å². The first kappa shape index (κ1) is 16.8. The minimum atomic E-state index is -5.37. The van der Waals surface area contributed by atoms with Gasteiger partial charge in [-0.15, -0.1) is 0 Å². The first-order chi connectivity index (χ1) is 9.16. The lowest BCUT2D eigenvalue weighted by atomic mass is 10.2. The molecule has 0 aliphatic heterocycles. The summed E-state index contributed by atoms with van der Waals surface area (Å²) in [6, 6.07) is 4.88. The Hall–Kier alpha value is -1.28. The summed E-state index contributed by atoms with van der Waals surface area (Å²) in [5.41, 5.74) is -5.42. The highest BCUT2D eigenvalue weighted by molar-refractivity contribution is 7.92. The third-order valence-electron chi connectivity index (χ3n) is 2.60. The number of sulfone groups is 1. The minimum Gasteiger partial charge on any atom is -0.393 e. The Morgan fingerprint density at radius 3 is 2.45 bits per heavy atom. The molecule has 114 valence electrons. The summed E-state index contributed by atoms with van der Waals surface area (Å²) < 4.78 is 60.5. The van der Waals surface area contributed by atoms with Crippen LogP contribution in [0.4, 0.5) is 18.9 Å². The number of para-hydroxylation sites is 1. The normalized spacial score (nSPS) is 14.1. The number of halogens is 3. The molecule has 0 radical (unpaired) electrons. The number of benzene rings is 1. The Kier molecular flexibility index (Phi) is 5.41. The summed E-state index contributed by atoms with van der Waals surface area (Å²) in [6.45, 7) is 1.87. The second-order valence-corrected chi connectivity index (χ2v) is 6.27. The molecule has 1 aromatic rings. The van der Waals surface area contributed by atoms with E-state index in [1.54, 1.807) is 6.92 Å². The first-order valence-electron chi connectivity index (χ1n) is 5.98. The molecule has 1 atom stereocenters. The summed E-state index contributed by atoms with van der Waals surface area (Å²) in [6.07, 6.45) is 0.477. The average molecular weight is 311 g/mol. The molecule has 0 aliphatic rings. The Morgan fingerprint density at radius 2 is 1.90 bits per heavy atom. The van der Waals surface area contributed by atoms with E-state index < -0.39 is 26.3 Å². The van der Waals surface area contributed by atoms with E-state index in [-0.39, 0.29) is 12.2 Å². The van der Waals surface area contributed by atoms with Crippen LogP contribution in [-0.4, -0.2) is 31.7 Å². The van der Waals surface area contributed by atoms with Crippen molar-refractivity contribution >= 4 is 15.5 Å². The fourth-order valence-corrected chi connectivity index (χ4v) is 2.53. The fourth-order valence-electron chi connectivity index (χ4n) is 1.59. The monoisotopic (exact) mass is 311 g/mol. The molecule has 20 heavy (non-hydrogen) atoms. The molecule has 8 heteroatoms. The van der Waals surface area contributed by atoms with Crippen LogP contribution in [0.15, 0.2) is 29.2 Å². The maximum atomic E-state index is 12.5. The van der Waals surface area contributed by atoms with Crippen molar-refractivity contribution in [1.29, 1.82) is 0 Å². The molecule has 1 unspecified atom stereocenters. The Morgan fingerprint density at radius 1 is 1.30 bits per heavy atom. The molecule has 0 bridgehead atoms. The van der Waals surface area contributed by atoms with Gasteiger partial charge in [-0.25, -0.2) is 8.42 Å². The van der Waals surface area contributed by atoms with Crippen LogP contribution in [0.5, 0.6) is 0 Å². The summed E-state index contributed by atoms with van der Waals surface area (Å²) in [5, 5.41) is 11.7. The van der Waals surface area contributed by atoms with E-state index in [0.29, 0.717) is 12.8 Å². The van der Waals surface area contributed by atoms with Gasteiger partial charge >= 0.3 is 5.51 Å². The highest BCUT2D eigenvalue weighted by Crippen LogP contribution is 2.34.